The fraction of sp³-hybridized carbons (Fsp3) is 0.846. The minimum Gasteiger partial charge on any atom is -0.444 e. The van der Waals surface area contributed by atoms with Gasteiger partial charge in [0.2, 0.25) is 0 Å². The molecule has 1 unspecified atom stereocenters. The quantitative estimate of drug-likeness (QED) is 0.459. The van der Waals surface area contributed by atoms with Crippen LogP contribution in [0.2, 0.25) is 0 Å². The van der Waals surface area contributed by atoms with E-state index in [1.165, 1.54) is 4.90 Å². The zero-order valence-electron chi connectivity index (χ0n) is 11.9. The summed E-state index contributed by atoms with van der Waals surface area (Å²) < 4.78 is 32.8. The molecule has 0 bridgehead atoms. The Morgan fingerprint density at radius 3 is 2.40 bits per heavy atom. The molecule has 1 aliphatic heterocycles. The van der Waals surface area contributed by atoms with Gasteiger partial charge in [-0.3, -0.25) is 0 Å². The first-order chi connectivity index (χ1) is 9.14. The van der Waals surface area contributed by atoms with E-state index in [-0.39, 0.29) is 25.9 Å². The van der Waals surface area contributed by atoms with Crippen molar-refractivity contribution in [3.8, 4) is 0 Å². The zero-order valence-corrected chi connectivity index (χ0v) is 11.9. The Kier molecular flexibility index (Phi) is 3.42. The van der Waals surface area contributed by atoms with Gasteiger partial charge in [-0.15, -0.1) is 5.16 Å². The van der Waals surface area contributed by atoms with Crippen molar-refractivity contribution in [2.75, 3.05) is 13.1 Å². The fourth-order valence-corrected chi connectivity index (χ4v) is 2.90. The van der Waals surface area contributed by atoms with Crippen molar-refractivity contribution >= 4 is 12.3 Å². The Morgan fingerprint density at radius 2 is 1.95 bits per heavy atom. The second-order valence-electron chi connectivity index (χ2n) is 6.49. The standard InChI is InChI=1S/C13H20F2N2O3/c1-11(2,3)20-10(18)17-6-4-12(5-7-17)9(8-16-19)13(12,14)15/h8-9,19H,4-7H2,1-3H3. The Morgan fingerprint density at radius 1 is 1.40 bits per heavy atom. The molecule has 5 nitrogen and oxygen atoms in total. The van der Waals surface area contributed by atoms with Gasteiger partial charge in [0.05, 0.1) is 17.5 Å². The van der Waals surface area contributed by atoms with Gasteiger partial charge in [-0.2, -0.15) is 0 Å². The molecule has 1 saturated heterocycles. The second-order valence-corrected chi connectivity index (χ2v) is 6.49. The molecule has 1 N–H and O–H groups in total. The lowest BCUT2D eigenvalue weighted by Gasteiger charge is -2.33. The molecule has 2 fully saturated rings. The van der Waals surface area contributed by atoms with E-state index in [0.29, 0.717) is 0 Å². The average Bonchev–Trinajstić information content (AvgIpc) is 2.75. The van der Waals surface area contributed by atoms with Crippen molar-refractivity contribution in [1.29, 1.82) is 0 Å². The molecule has 1 heterocycles. The van der Waals surface area contributed by atoms with E-state index < -0.39 is 28.9 Å². The maximum atomic E-state index is 13.8. The van der Waals surface area contributed by atoms with Crippen LogP contribution in [0.15, 0.2) is 5.16 Å². The van der Waals surface area contributed by atoms with Gasteiger partial charge in [-0.1, -0.05) is 0 Å². The normalized spacial score (nSPS) is 27.9. The van der Waals surface area contributed by atoms with E-state index in [2.05, 4.69) is 5.16 Å². The van der Waals surface area contributed by atoms with Crippen molar-refractivity contribution < 1.29 is 23.5 Å². The van der Waals surface area contributed by atoms with E-state index >= 15 is 0 Å². The number of ether oxygens (including phenoxy) is 1. The SMILES string of the molecule is CC(C)(C)OC(=O)N1CCC2(CC1)C(C=NO)C2(F)F. The van der Waals surface area contributed by atoms with Crippen molar-refractivity contribution in [1.82, 2.24) is 4.90 Å². The first-order valence-corrected chi connectivity index (χ1v) is 6.67. The number of rotatable bonds is 1. The number of nitrogens with zero attached hydrogens (tertiary/aromatic N) is 2. The number of carbonyl (C=O) groups excluding carboxylic acids is 1. The third kappa shape index (κ3) is 2.33. The molecule has 1 spiro atoms. The number of halogens is 2. The number of oxime groups is 1. The van der Waals surface area contributed by atoms with Gasteiger partial charge in [0.25, 0.3) is 5.92 Å². The Balaban J connectivity index is 1.95. The summed E-state index contributed by atoms with van der Waals surface area (Å²) in [5, 5.41) is 11.2. The third-order valence-electron chi connectivity index (χ3n) is 4.09. The number of piperidine rings is 1. The molecule has 1 amide bonds. The number of likely N-dealkylation sites (tertiary alicyclic amines) is 1. The van der Waals surface area contributed by atoms with Crippen molar-refractivity contribution in [3.63, 3.8) is 0 Å². The van der Waals surface area contributed by atoms with Gasteiger partial charge in [0, 0.05) is 13.1 Å². The Hall–Kier alpha value is -1.40. The highest BCUT2D eigenvalue weighted by molar-refractivity contribution is 5.71. The largest absolute Gasteiger partial charge is 0.444 e. The first kappa shape index (κ1) is 15.0. The Labute approximate surface area is 116 Å². The molecule has 2 rings (SSSR count). The van der Waals surface area contributed by atoms with Gasteiger partial charge in [0.15, 0.2) is 0 Å². The lowest BCUT2D eigenvalue weighted by atomic mass is 9.91. The number of hydrogen-bond donors (Lipinski definition) is 1. The summed E-state index contributed by atoms with van der Waals surface area (Å²) in [6, 6.07) is 0. The number of hydrogen-bond acceptors (Lipinski definition) is 4. The van der Waals surface area contributed by atoms with E-state index in [9.17, 15) is 13.6 Å². The van der Waals surface area contributed by atoms with Crippen LogP contribution in [0, 0.1) is 11.3 Å². The van der Waals surface area contributed by atoms with E-state index in [1.807, 2.05) is 0 Å². The highest BCUT2D eigenvalue weighted by atomic mass is 19.3. The minimum absolute atomic E-state index is 0.190. The molecule has 0 aromatic rings. The summed E-state index contributed by atoms with van der Waals surface area (Å²) in [5.41, 5.74) is -1.75. The summed E-state index contributed by atoms with van der Waals surface area (Å²) in [4.78, 5) is 13.3. The highest BCUT2D eigenvalue weighted by Crippen LogP contribution is 2.69. The van der Waals surface area contributed by atoms with Crippen LogP contribution < -0.4 is 0 Å². The molecule has 7 heteroatoms. The minimum atomic E-state index is -2.85. The molecule has 1 atom stereocenters. The van der Waals surface area contributed by atoms with Gasteiger partial charge >= 0.3 is 6.09 Å². The molecule has 0 aromatic heterocycles. The first-order valence-electron chi connectivity index (χ1n) is 6.67. The maximum Gasteiger partial charge on any atom is 0.410 e. The smallest absolute Gasteiger partial charge is 0.410 e. The number of amides is 1. The summed E-state index contributed by atoms with van der Waals surface area (Å²) in [5.74, 6) is -3.88. The molecular weight excluding hydrogens is 270 g/mol. The molecule has 0 aromatic carbocycles. The topological polar surface area (TPSA) is 62.1 Å². The van der Waals surface area contributed by atoms with Gasteiger partial charge in [-0.25, -0.2) is 13.6 Å². The molecule has 1 aliphatic carbocycles. The van der Waals surface area contributed by atoms with Crippen LogP contribution in [0.3, 0.4) is 0 Å². The monoisotopic (exact) mass is 290 g/mol. The summed E-state index contributed by atoms with van der Waals surface area (Å²) in [7, 11) is 0. The van der Waals surface area contributed by atoms with Crippen LogP contribution in [-0.2, 0) is 4.74 Å². The van der Waals surface area contributed by atoms with Gasteiger partial charge in [0.1, 0.15) is 5.60 Å². The zero-order chi connectivity index (χ0) is 15.2. The predicted octanol–water partition coefficient (Wildman–Crippen LogP) is 2.73. The van der Waals surface area contributed by atoms with Crippen LogP contribution in [0.1, 0.15) is 33.6 Å². The summed E-state index contributed by atoms with van der Waals surface area (Å²) >= 11 is 0. The molecular formula is C13H20F2N2O3. The van der Waals surface area contributed by atoms with E-state index in [1.54, 1.807) is 20.8 Å². The van der Waals surface area contributed by atoms with E-state index in [0.717, 1.165) is 6.21 Å². The van der Waals surface area contributed by atoms with Crippen LogP contribution in [-0.4, -0.2) is 47.0 Å². The van der Waals surface area contributed by atoms with E-state index in [4.69, 9.17) is 9.94 Å². The summed E-state index contributed by atoms with van der Waals surface area (Å²) in [6.45, 7) is 5.76. The van der Waals surface area contributed by atoms with Crippen LogP contribution in [0.5, 0.6) is 0 Å². The van der Waals surface area contributed by atoms with Crippen LogP contribution in [0.25, 0.3) is 0 Å². The Bertz CT molecular complexity index is 424. The van der Waals surface area contributed by atoms with Crippen LogP contribution >= 0.6 is 0 Å². The van der Waals surface area contributed by atoms with Crippen molar-refractivity contribution in [2.45, 2.75) is 45.1 Å². The molecule has 2 aliphatic rings. The van der Waals surface area contributed by atoms with Crippen molar-refractivity contribution in [3.05, 3.63) is 0 Å². The lowest BCUT2D eigenvalue weighted by Crippen LogP contribution is -2.43. The van der Waals surface area contributed by atoms with Gasteiger partial charge in [-0.05, 0) is 33.6 Å². The second kappa shape index (κ2) is 4.56. The molecule has 20 heavy (non-hydrogen) atoms. The third-order valence-corrected chi connectivity index (χ3v) is 4.09. The fourth-order valence-electron chi connectivity index (χ4n) is 2.90. The average molecular weight is 290 g/mol. The number of alkyl halides is 2. The summed E-state index contributed by atoms with van der Waals surface area (Å²) in [6.07, 6.45) is 0.818. The predicted molar refractivity (Wildman–Crippen MR) is 68.2 cm³/mol. The van der Waals surface area contributed by atoms with Crippen LogP contribution in [0.4, 0.5) is 13.6 Å². The number of carbonyl (C=O) groups is 1. The molecule has 1 saturated carbocycles. The molecule has 114 valence electrons. The maximum absolute atomic E-state index is 13.8. The lowest BCUT2D eigenvalue weighted by molar-refractivity contribution is 0.00114. The van der Waals surface area contributed by atoms with Gasteiger partial charge < -0.3 is 14.8 Å². The molecule has 0 radical (unpaired) electrons. The van der Waals surface area contributed by atoms with Crippen molar-refractivity contribution in [2.24, 2.45) is 16.5 Å². The highest BCUT2D eigenvalue weighted by Gasteiger charge is 2.79.